The van der Waals surface area contributed by atoms with Gasteiger partial charge in [-0.15, -0.1) is 0 Å². The van der Waals surface area contributed by atoms with Crippen molar-refractivity contribution in [1.29, 1.82) is 0 Å². The van der Waals surface area contributed by atoms with E-state index in [0.29, 0.717) is 5.56 Å². The molecule has 174 valence electrons. The standard InChI is InChI=1S/C27H20N2O6/c1-13(30)26-19-6-4-2-3-5-7-20(32)27(26,35-26)17-11-18(31)21-22(23(17)29-19)25(34)16-10-14(12-28)8-9-15(16)24(21)33/h2-3,8-11,13,19-20,29-32H,12,28H2,1H3/b3-2-/t13-,19+,20-,26+,27+/m1/s1. The molecule has 6 N–H and O–H groups in total. The number of nitrogens with two attached hydrogens (primary N) is 1. The number of phenolic OH excluding ortho intramolecular Hbond substituents is 1. The van der Waals surface area contributed by atoms with Crippen LogP contribution in [0, 0.1) is 23.7 Å². The monoisotopic (exact) mass is 468 g/mol. The lowest BCUT2D eigenvalue weighted by atomic mass is 9.69. The van der Waals surface area contributed by atoms with Gasteiger partial charge in [0.1, 0.15) is 11.8 Å². The Balaban J connectivity index is 1.67. The zero-order valence-electron chi connectivity index (χ0n) is 18.5. The topological polar surface area (TPSA) is 145 Å². The van der Waals surface area contributed by atoms with Crippen molar-refractivity contribution in [1.82, 2.24) is 0 Å². The van der Waals surface area contributed by atoms with Crippen LogP contribution in [0.5, 0.6) is 5.75 Å². The lowest BCUT2D eigenvalue weighted by Gasteiger charge is -2.37. The minimum Gasteiger partial charge on any atom is -0.507 e. The van der Waals surface area contributed by atoms with E-state index >= 15 is 0 Å². The molecule has 8 heteroatoms. The molecule has 1 fully saturated rings. The van der Waals surface area contributed by atoms with Crippen LogP contribution in [-0.2, 0) is 16.9 Å². The molecule has 0 aromatic heterocycles. The van der Waals surface area contributed by atoms with Gasteiger partial charge < -0.3 is 31.1 Å². The van der Waals surface area contributed by atoms with Gasteiger partial charge in [0.2, 0.25) is 0 Å². The van der Waals surface area contributed by atoms with E-state index in [2.05, 4.69) is 29.0 Å². The van der Waals surface area contributed by atoms with E-state index in [1.54, 1.807) is 12.1 Å². The Bertz CT molecular complexity index is 1520. The minimum absolute atomic E-state index is 0.0414. The van der Waals surface area contributed by atoms with Gasteiger partial charge in [-0.2, -0.15) is 0 Å². The van der Waals surface area contributed by atoms with E-state index in [0.717, 1.165) is 0 Å². The van der Waals surface area contributed by atoms with Crippen LogP contribution in [0.3, 0.4) is 0 Å². The van der Waals surface area contributed by atoms with E-state index in [-0.39, 0.29) is 40.0 Å². The quantitative estimate of drug-likeness (QED) is 0.210. The number of ketones is 2. The van der Waals surface area contributed by atoms with Crippen molar-refractivity contribution in [3.05, 3.63) is 69.8 Å². The molecule has 6 rings (SSSR count). The van der Waals surface area contributed by atoms with Crippen molar-refractivity contribution in [2.75, 3.05) is 5.32 Å². The highest BCUT2D eigenvalue weighted by molar-refractivity contribution is 6.31. The Hall–Kier alpha value is -3.92. The number of allylic oxidation sites excluding steroid dienone is 2. The molecular formula is C27H20N2O6. The number of phenols is 1. The number of epoxide rings is 1. The number of benzene rings is 2. The lowest BCUT2D eigenvalue weighted by Crippen LogP contribution is -2.54. The number of rotatable bonds is 2. The van der Waals surface area contributed by atoms with Crippen LogP contribution in [-0.4, -0.2) is 50.7 Å². The summed E-state index contributed by atoms with van der Waals surface area (Å²) in [7, 11) is 0. The van der Waals surface area contributed by atoms with Gasteiger partial charge in [-0.25, -0.2) is 0 Å². The third kappa shape index (κ3) is 2.52. The van der Waals surface area contributed by atoms with Gasteiger partial charge in [-0.05, 0) is 42.8 Å². The van der Waals surface area contributed by atoms with E-state index in [9.17, 15) is 24.9 Å². The minimum atomic E-state index is -1.59. The molecule has 2 aliphatic carbocycles. The van der Waals surface area contributed by atoms with E-state index in [1.165, 1.54) is 31.2 Å². The molecule has 0 spiro atoms. The van der Waals surface area contributed by atoms with Gasteiger partial charge in [0, 0.05) is 23.2 Å². The van der Waals surface area contributed by atoms with Crippen LogP contribution in [0.25, 0.3) is 0 Å². The maximum Gasteiger partial charge on any atom is 0.198 e. The van der Waals surface area contributed by atoms with E-state index < -0.39 is 46.8 Å². The van der Waals surface area contributed by atoms with Crippen LogP contribution >= 0.6 is 0 Å². The average Bonchev–Trinajstić information content (AvgIpc) is 3.57. The van der Waals surface area contributed by atoms with Gasteiger partial charge in [0.15, 0.2) is 28.9 Å². The van der Waals surface area contributed by atoms with Crippen molar-refractivity contribution in [2.45, 2.75) is 42.9 Å². The largest absolute Gasteiger partial charge is 0.507 e. The summed E-state index contributed by atoms with van der Waals surface area (Å²) >= 11 is 0. The highest BCUT2D eigenvalue weighted by atomic mass is 16.7. The summed E-state index contributed by atoms with van der Waals surface area (Å²) in [5.41, 5.74) is 4.01. The summed E-state index contributed by atoms with van der Waals surface area (Å²) in [6, 6.07) is 5.21. The SMILES string of the molecule is C[C@@H](O)[C@@]12O[C@]13c1cc(O)c4c(c1N[C@H]2C#C/C=C\C#C[C@H]3O)C(=O)c1cc(CN)ccc1C4=O. The normalized spacial score (nSPS) is 30.5. The molecule has 0 unspecified atom stereocenters. The molecule has 8 nitrogen and oxygen atoms in total. The first-order valence-corrected chi connectivity index (χ1v) is 11.1. The average molecular weight is 468 g/mol. The number of aliphatic hydroxyl groups is 2. The Labute approximate surface area is 200 Å². The molecule has 0 saturated carbocycles. The molecule has 35 heavy (non-hydrogen) atoms. The lowest BCUT2D eigenvalue weighted by molar-refractivity contribution is 0.0867. The summed E-state index contributed by atoms with van der Waals surface area (Å²) in [5, 5.41) is 36.1. The molecule has 2 aliphatic heterocycles. The molecule has 2 aromatic rings. The number of anilines is 1. The first kappa shape index (κ1) is 21.6. The molecule has 2 bridgehead atoms. The highest BCUT2D eigenvalue weighted by Crippen LogP contribution is 2.67. The Morgan fingerprint density at radius 1 is 1.11 bits per heavy atom. The number of ether oxygens (including phenoxy) is 1. The fraction of sp³-hybridized carbons (Fsp3) is 0.259. The predicted octanol–water partition coefficient (Wildman–Crippen LogP) is 0.703. The highest BCUT2D eigenvalue weighted by Gasteiger charge is 2.82. The number of carbonyl (C=O) groups excluding carboxylic acids is 2. The molecule has 1 saturated heterocycles. The second-order valence-corrected chi connectivity index (χ2v) is 9.01. The molecule has 5 atom stereocenters. The first-order chi connectivity index (χ1) is 16.8. The number of carbonyl (C=O) groups is 2. The molecule has 0 amide bonds. The molecule has 0 radical (unpaired) electrons. The number of hydrogen-bond acceptors (Lipinski definition) is 8. The maximum absolute atomic E-state index is 13.8. The van der Waals surface area contributed by atoms with Crippen LogP contribution in [0.2, 0.25) is 0 Å². The Morgan fingerprint density at radius 3 is 2.54 bits per heavy atom. The zero-order valence-corrected chi connectivity index (χ0v) is 18.5. The third-order valence-electron chi connectivity index (χ3n) is 7.26. The van der Waals surface area contributed by atoms with Crippen molar-refractivity contribution in [3.8, 4) is 29.4 Å². The number of aliphatic hydroxyl groups excluding tert-OH is 2. The van der Waals surface area contributed by atoms with Crippen LogP contribution in [0.1, 0.15) is 49.9 Å². The summed E-state index contributed by atoms with van der Waals surface area (Å²) in [6.07, 6.45) is 0.464. The number of hydrogen-bond donors (Lipinski definition) is 5. The van der Waals surface area contributed by atoms with Crippen LogP contribution < -0.4 is 11.1 Å². The summed E-state index contributed by atoms with van der Waals surface area (Å²) in [5.74, 6) is 9.82. The van der Waals surface area contributed by atoms with Gasteiger partial charge in [0.05, 0.1) is 22.9 Å². The van der Waals surface area contributed by atoms with Crippen molar-refractivity contribution in [2.24, 2.45) is 5.73 Å². The van der Waals surface area contributed by atoms with Crippen molar-refractivity contribution < 1.29 is 29.6 Å². The smallest absolute Gasteiger partial charge is 0.198 e. The van der Waals surface area contributed by atoms with Crippen LogP contribution in [0.4, 0.5) is 5.69 Å². The zero-order chi connectivity index (χ0) is 24.7. The number of aromatic hydroxyl groups is 1. The predicted molar refractivity (Wildman–Crippen MR) is 125 cm³/mol. The molecule has 2 aromatic carbocycles. The first-order valence-electron chi connectivity index (χ1n) is 11.1. The number of nitrogens with one attached hydrogen (secondary N) is 1. The summed E-state index contributed by atoms with van der Waals surface area (Å²) in [4.78, 5) is 27.2. The van der Waals surface area contributed by atoms with Gasteiger partial charge in [-0.3, -0.25) is 9.59 Å². The summed E-state index contributed by atoms with van der Waals surface area (Å²) in [6.45, 7) is 1.70. The van der Waals surface area contributed by atoms with E-state index in [1.807, 2.05) is 0 Å². The fourth-order valence-corrected chi connectivity index (χ4v) is 5.61. The molecule has 2 heterocycles. The fourth-order valence-electron chi connectivity index (χ4n) is 5.61. The number of fused-ring (bicyclic) bond motifs is 4. The van der Waals surface area contributed by atoms with Crippen molar-refractivity contribution in [3.63, 3.8) is 0 Å². The second-order valence-electron chi connectivity index (χ2n) is 9.01. The second kappa shape index (κ2) is 7.05. The maximum atomic E-state index is 13.8. The molecular weight excluding hydrogens is 448 g/mol. The molecule has 4 aliphatic rings. The van der Waals surface area contributed by atoms with Gasteiger partial charge in [-0.1, -0.05) is 29.7 Å². The third-order valence-corrected chi connectivity index (χ3v) is 7.26. The van der Waals surface area contributed by atoms with Gasteiger partial charge >= 0.3 is 0 Å². The Morgan fingerprint density at radius 2 is 1.83 bits per heavy atom. The van der Waals surface area contributed by atoms with Crippen LogP contribution in [0.15, 0.2) is 36.4 Å². The van der Waals surface area contributed by atoms with Gasteiger partial charge in [0.25, 0.3) is 0 Å². The van der Waals surface area contributed by atoms with E-state index in [4.69, 9.17) is 10.5 Å². The van der Waals surface area contributed by atoms with Crippen molar-refractivity contribution >= 4 is 17.3 Å². The Kier molecular flexibility index (Phi) is 4.35. The summed E-state index contributed by atoms with van der Waals surface area (Å²) < 4.78 is 6.14.